The smallest absolute Gasteiger partial charge is 0.227 e. The Hall–Kier alpha value is -1.51. The van der Waals surface area contributed by atoms with Crippen molar-refractivity contribution in [3.05, 3.63) is 23.7 Å². The Balaban J connectivity index is 1.51. The van der Waals surface area contributed by atoms with Crippen LogP contribution in [0.5, 0.6) is 0 Å². The van der Waals surface area contributed by atoms with Gasteiger partial charge in [-0.25, -0.2) is 18.1 Å². The summed E-state index contributed by atoms with van der Waals surface area (Å²) in [5.74, 6) is -0.0597. The average Bonchev–Trinajstić information content (AvgIpc) is 3.10. The normalized spacial score (nSPS) is 21.9. The van der Waals surface area contributed by atoms with Crippen molar-refractivity contribution >= 4 is 43.2 Å². The maximum Gasteiger partial charge on any atom is 0.227 e. The summed E-state index contributed by atoms with van der Waals surface area (Å²) >= 11 is 1.55. The van der Waals surface area contributed by atoms with Crippen LogP contribution in [-0.4, -0.2) is 30.6 Å². The summed E-state index contributed by atoms with van der Waals surface area (Å²) in [4.78, 5) is 16.8. The van der Waals surface area contributed by atoms with Gasteiger partial charge in [0.05, 0.1) is 21.0 Å². The first kappa shape index (κ1) is 20.2. The summed E-state index contributed by atoms with van der Waals surface area (Å²) in [6, 6.07) is 5.66. The number of carbonyl (C=O) groups excluding carboxylic acids is 1. The molecule has 0 saturated heterocycles. The van der Waals surface area contributed by atoms with E-state index in [0.717, 1.165) is 22.3 Å². The Kier molecular flexibility index (Phi) is 6.49. The van der Waals surface area contributed by atoms with Crippen LogP contribution in [0.25, 0.3) is 10.2 Å². The third-order valence-corrected chi connectivity index (χ3v) is 8.00. The molecule has 148 valence electrons. The minimum atomic E-state index is -3.28. The van der Waals surface area contributed by atoms with Gasteiger partial charge in [0.1, 0.15) is 0 Å². The van der Waals surface area contributed by atoms with Crippen LogP contribution in [0.4, 0.5) is 5.69 Å². The molecule has 6 nitrogen and oxygen atoms in total. The SMILES string of the molecule is CCCC(C)S(=O)(=O)N[C@H]1CC[C@H](C(=O)Nc2ccc3ncsc3c2)CC1. The van der Waals surface area contributed by atoms with E-state index in [4.69, 9.17) is 0 Å². The molecule has 2 N–H and O–H groups in total. The number of nitrogens with zero attached hydrogens (tertiary/aromatic N) is 1. The minimum Gasteiger partial charge on any atom is -0.326 e. The highest BCUT2D eigenvalue weighted by atomic mass is 32.2. The van der Waals surface area contributed by atoms with E-state index in [2.05, 4.69) is 15.0 Å². The first-order valence-corrected chi connectivity index (χ1v) is 12.0. The monoisotopic (exact) mass is 409 g/mol. The number of carbonyl (C=O) groups is 1. The van der Waals surface area contributed by atoms with Gasteiger partial charge in [0, 0.05) is 17.6 Å². The summed E-state index contributed by atoms with van der Waals surface area (Å²) in [5, 5.41) is 2.62. The molecule has 1 fully saturated rings. The number of anilines is 1. The van der Waals surface area contributed by atoms with Crippen molar-refractivity contribution in [1.82, 2.24) is 9.71 Å². The zero-order chi connectivity index (χ0) is 19.4. The van der Waals surface area contributed by atoms with Gasteiger partial charge in [0.2, 0.25) is 15.9 Å². The molecule has 1 aromatic carbocycles. The number of rotatable bonds is 7. The molecule has 1 saturated carbocycles. The van der Waals surface area contributed by atoms with Crippen molar-refractivity contribution in [2.24, 2.45) is 5.92 Å². The lowest BCUT2D eigenvalue weighted by Gasteiger charge is -2.29. The van der Waals surface area contributed by atoms with Crippen LogP contribution in [0.2, 0.25) is 0 Å². The maximum absolute atomic E-state index is 12.6. The van der Waals surface area contributed by atoms with Crippen LogP contribution in [0, 0.1) is 5.92 Å². The highest BCUT2D eigenvalue weighted by Gasteiger charge is 2.30. The van der Waals surface area contributed by atoms with E-state index in [1.54, 1.807) is 23.8 Å². The van der Waals surface area contributed by atoms with Crippen molar-refractivity contribution < 1.29 is 13.2 Å². The number of sulfonamides is 1. The molecule has 1 heterocycles. The van der Waals surface area contributed by atoms with Crippen molar-refractivity contribution in [3.8, 4) is 0 Å². The Morgan fingerprint density at radius 2 is 2.04 bits per heavy atom. The molecule has 0 radical (unpaired) electrons. The molecule has 1 aliphatic rings. The van der Waals surface area contributed by atoms with E-state index in [-0.39, 0.29) is 23.1 Å². The Morgan fingerprint density at radius 1 is 1.30 bits per heavy atom. The van der Waals surface area contributed by atoms with E-state index >= 15 is 0 Å². The van der Waals surface area contributed by atoms with E-state index in [9.17, 15) is 13.2 Å². The summed E-state index contributed by atoms with van der Waals surface area (Å²) < 4.78 is 28.6. The second-order valence-electron chi connectivity index (χ2n) is 7.33. The van der Waals surface area contributed by atoms with Gasteiger partial charge in [-0.3, -0.25) is 4.79 Å². The van der Waals surface area contributed by atoms with Gasteiger partial charge < -0.3 is 5.32 Å². The molecule has 8 heteroatoms. The quantitative estimate of drug-likeness (QED) is 0.726. The van der Waals surface area contributed by atoms with E-state index < -0.39 is 10.0 Å². The number of nitrogens with one attached hydrogen (secondary N) is 2. The molecule has 0 bridgehead atoms. The topological polar surface area (TPSA) is 88.2 Å². The zero-order valence-electron chi connectivity index (χ0n) is 15.8. The third-order valence-electron chi connectivity index (χ3n) is 5.25. The fourth-order valence-corrected chi connectivity index (χ4v) is 5.76. The van der Waals surface area contributed by atoms with Crippen LogP contribution < -0.4 is 10.0 Å². The highest BCUT2D eigenvalue weighted by molar-refractivity contribution is 7.90. The molecule has 0 spiro atoms. The van der Waals surface area contributed by atoms with Gasteiger partial charge in [-0.2, -0.15) is 0 Å². The summed E-state index contributed by atoms with van der Waals surface area (Å²) in [6.45, 7) is 3.74. The number of fused-ring (bicyclic) bond motifs is 1. The average molecular weight is 410 g/mol. The van der Waals surface area contributed by atoms with Crippen LogP contribution in [0.1, 0.15) is 52.4 Å². The molecule has 1 atom stereocenters. The van der Waals surface area contributed by atoms with Gasteiger partial charge in [0.15, 0.2) is 0 Å². The lowest BCUT2D eigenvalue weighted by Crippen LogP contribution is -2.42. The molecule has 1 unspecified atom stereocenters. The van der Waals surface area contributed by atoms with Gasteiger partial charge in [-0.05, 0) is 57.2 Å². The second-order valence-corrected chi connectivity index (χ2v) is 10.4. The largest absolute Gasteiger partial charge is 0.326 e. The maximum atomic E-state index is 12.6. The van der Waals surface area contributed by atoms with Crippen LogP contribution >= 0.6 is 11.3 Å². The van der Waals surface area contributed by atoms with Gasteiger partial charge >= 0.3 is 0 Å². The Bertz CT molecular complexity index is 886. The van der Waals surface area contributed by atoms with E-state index in [1.165, 1.54) is 0 Å². The van der Waals surface area contributed by atoms with Crippen molar-refractivity contribution in [1.29, 1.82) is 0 Å². The molecule has 3 rings (SSSR count). The molecule has 1 amide bonds. The summed E-state index contributed by atoms with van der Waals surface area (Å²) in [7, 11) is -3.28. The predicted molar refractivity (Wildman–Crippen MR) is 110 cm³/mol. The summed E-state index contributed by atoms with van der Waals surface area (Å²) in [5.41, 5.74) is 3.51. The highest BCUT2D eigenvalue weighted by Crippen LogP contribution is 2.28. The predicted octanol–water partition coefficient (Wildman–Crippen LogP) is 3.90. The Morgan fingerprint density at radius 3 is 2.74 bits per heavy atom. The minimum absolute atomic E-state index is 0.0134. The van der Waals surface area contributed by atoms with Crippen molar-refractivity contribution in [2.45, 2.75) is 63.7 Å². The van der Waals surface area contributed by atoms with Gasteiger partial charge in [0.25, 0.3) is 0 Å². The first-order chi connectivity index (χ1) is 12.9. The van der Waals surface area contributed by atoms with Crippen molar-refractivity contribution in [2.75, 3.05) is 5.32 Å². The second kappa shape index (κ2) is 8.67. The summed E-state index contributed by atoms with van der Waals surface area (Å²) in [6.07, 6.45) is 4.31. The van der Waals surface area contributed by atoms with Crippen LogP contribution in [-0.2, 0) is 14.8 Å². The number of benzene rings is 1. The number of thiazole rings is 1. The first-order valence-electron chi connectivity index (χ1n) is 9.54. The zero-order valence-corrected chi connectivity index (χ0v) is 17.4. The molecule has 0 aliphatic heterocycles. The van der Waals surface area contributed by atoms with Crippen molar-refractivity contribution in [3.63, 3.8) is 0 Å². The molecular weight excluding hydrogens is 382 g/mol. The Labute approximate surface area is 164 Å². The number of amides is 1. The molecule has 1 aliphatic carbocycles. The number of hydrogen-bond acceptors (Lipinski definition) is 5. The standard InChI is InChI=1S/C19H27N3O3S2/c1-3-4-13(2)27(24,25)22-15-7-5-14(6-8-15)19(23)21-16-9-10-17-18(11-16)26-12-20-17/h9-15,22H,3-8H2,1-2H3,(H,21,23)/t13?,14-,15-. The molecular formula is C19H27N3O3S2. The molecule has 1 aromatic heterocycles. The number of aromatic nitrogens is 1. The van der Waals surface area contributed by atoms with Gasteiger partial charge in [-0.15, -0.1) is 11.3 Å². The van der Waals surface area contributed by atoms with Gasteiger partial charge in [-0.1, -0.05) is 13.3 Å². The van der Waals surface area contributed by atoms with Crippen LogP contribution in [0.15, 0.2) is 23.7 Å². The molecule has 27 heavy (non-hydrogen) atoms. The molecule has 2 aromatic rings. The van der Waals surface area contributed by atoms with E-state index in [0.29, 0.717) is 32.1 Å². The van der Waals surface area contributed by atoms with Crippen LogP contribution in [0.3, 0.4) is 0 Å². The van der Waals surface area contributed by atoms with E-state index in [1.807, 2.05) is 25.1 Å². The fourth-order valence-electron chi connectivity index (χ4n) is 3.56. The number of hydrogen-bond donors (Lipinski definition) is 2. The lowest BCUT2D eigenvalue weighted by atomic mass is 9.86. The lowest BCUT2D eigenvalue weighted by molar-refractivity contribution is -0.120. The third kappa shape index (κ3) is 5.06. The fraction of sp³-hybridized carbons (Fsp3) is 0.579.